The van der Waals surface area contributed by atoms with Crippen LogP contribution in [0.3, 0.4) is 0 Å². The normalized spacial score (nSPS) is 13.8. The summed E-state index contributed by atoms with van der Waals surface area (Å²) in [6.45, 7) is 0. The standard InChI is InChI=1S/C54H37NO/c1-2-13-46(14-3-1)55(47-28-24-37(25-29-47)43-27-31-53-51(35-43)50-30-26-39-11-6-7-16-49(39)54(50)56-53)52-17-9-8-15-48(52)44-23-20-38-19-22-42(33-45(38)34-44)41-21-18-36-10-4-5-12-40(36)32-41/h1-32,34-35,42H,33H2/t42-/m1/s1. The number of hydrogen-bond acceptors (Lipinski definition) is 2. The van der Waals surface area contributed by atoms with Gasteiger partial charge in [-0.15, -0.1) is 0 Å². The van der Waals surface area contributed by atoms with Gasteiger partial charge in [-0.05, 0) is 104 Å². The molecule has 1 aliphatic rings. The van der Waals surface area contributed by atoms with Crippen LogP contribution in [0.2, 0.25) is 0 Å². The molecule has 10 aromatic rings. The number of nitrogens with zero attached hydrogens (tertiary/aromatic N) is 1. The molecule has 2 heteroatoms. The van der Waals surface area contributed by atoms with E-state index in [0.29, 0.717) is 5.92 Å². The minimum absolute atomic E-state index is 0.338. The molecule has 1 heterocycles. The van der Waals surface area contributed by atoms with Crippen molar-refractivity contribution in [2.45, 2.75) is 12.3 Å². The van der Waals surface area contributed by atoms with Gasteiger partial charge in [0.05, 0.1) is 5.69 Å². The highest BCUT2D eigenvalue weighted by atomic mass is 16.3. The van der Waals surface area contributed by atoms with Gasteiger partial charge in [0, 0.05) is 39.0 Å². The fourth-order valence-electron chi connectivity index (χ4n) is 8.71. The van der Waals surface area contributed by atoms with Crippen molar-refractivity contribution < 1.29 is 4.42 Å². The fourth-order valence-corrected chi connectivity index (χ4v) is 8.71. The lowest BCUT2D eigenvalue weighted by Gasteiger charge is -2.28. The Bertz CT molecular complexity index is 3120. The smallest absolute Gasteiger partial charge is 0.143 e. The van der Waals surface area contributed by atoms with Crippen molar-refractivity contribution in [1.29, 1.82) is 0 Å². The Morgan fingerprint density at radius 2 is 1.18 bits per heavy atom. The topological polar surface area (TPSA) is 16.4 Å². The van der Waals surface area contributed by atoms with E-state index in [1.165, 1.54) is 44.0 Å². The van der Waals surface area contributed by atoms with Gasteiger partial charge in [0.2, 0.25) is 0 Å². The summed E-state index contributed by atoms with van der Waals surface area (Å²) < 4.78 is 6.41. The molecular weight excluding hydrogens is 679 g/mol. The van der Waals surface area contributed by atoms with Crippen molar-refractivity contribution in [3.8, 4) is 22.3 Å². The Morgan fingerprint density at radius 3 is 2.07 bits per heavy atom. The number of benzene rings is 9. The third-order valence-electron chi connectivity index (χ3n) is 11.6. The summed E-state index contributed by atoms with van der Waals surface area (Å²) in [5.74, 6) is 0.338. The Balaban J connectivity index is 0.950. The summed E-state index contributed by atoms with van der Waals surface area (Å²) >= 11 is 0. The maximum absolute atomic E-state index is 6.41. The Labute approximate surface area is 326 Å². The van der Waals surface area contributed by atoms with E-state index < -0.39 is 0 Å². The van der Waals surface area contributed by atoms with Crippen LogP contribution in [-0.2, 0) is 6.42 Å². The van der Waals surface area contributed by atoms with E-state index in [0.717, 1.165) is 61.9 Å². The molecule has 264 valence electrons. The molecule has 0 saturated carbocycles. The molecule has 56 heavy (non-hydrogen) atoms. The fraction of sp³-hybridized carbons (Fsp3) is 0.0370. The van der Waals surface area contributed by atoms with E-state index in [9.17, 15) is 0 Å². The second-order valence-electron chi connectivity index (χ2n) is 14.9. The first kappa shape index (κ1) is 32.3. The summed E-state index contributed by atoms with van der Waals surface area (Å²) in [6.07, 6.45) is 5.65. The third-order valence-corrected chi connectivity index (χ3v) is 11.6. The zero-order chi connectivity index (χ0) is 37.0. The summed E-state index contributed by atoms with van der Waals surface area (Å²) in [6, 6.07) is 70.4. The average molecular weight is 716 g/mol. The molecule has 0 unspecified atom stereocenters. The van der Waals surface area contributed by atoms with Gasteiger partial charge in [0.25, 0.3) is 0 Å². The highest BCUT2D eigenvalue weighted by Crippen LogP contribution is 2.43. The average Bonchev–Trinajstić information content (AvgIpc) is 3.65. The molecule has 0 fully saturated rings. The van der Waals surface area contributed by atoms with Crippen LogP contribution in [0.1, 0.15) is 22.6 Å². The predicted octanol–water partition coefficient (Wildman–Crippen LogP) is 15.0. The van der Waals surface area contributed by atoms with Gasteiger partial charge in [-0.25, -0.2) is 0 Å². The molecule has 0 N–H and O–H groups in total. The monoisotopic (exact) mass is 715 g/mol. The van der Waals surface area contributed by atoms with E-state index in [4.69, 9.17) is 4.42 Å². The SMILES string of the molecule is C1=C[C@@H](c2ccc3ccccc3c2)Cc2cc(-c3ccccc3N(c3ccccc3)c3ccc(-c4ccc5oc6c7ccccc7ccc6c5c4)cc3)ccc21. The molecule has 0 saturated heterocycles. The number of hydrogen-bond donors (Lipinski definition) is 0. The van der Waals surface area contributed by atoms with Crippen LogP contribution in [-0.4, -0.2) is 0 Å². The Morgan fingerprint density at radius 1 is 0.464 bits per heavy atom. The second kappa shape index (κ2) is 13.3. The van der Waals surface area contributed by atoms with Gasteiger partial charge in [-0.3, -0.25) is 0 Å². The lowest BCUT2D eigenvalue weighted by Crippen LogP contribution is -2.11. The van der Waals surface area contributed by atoms with Gasteiger partial charge in [-0.2, -0.15) is 0 Å². The molecule has 0 spiro atoms. The van der Waals surface area contributed by atoms with E-state index in [2.05, 4.69) is 211 Å². The molecule has 0 bridgehead atoms. The predicted molar refractivity (Wildman–Crippen MR) is 236 cm³/mol. The second-order valence-corrected chi connectivity index (χ2v) is 14.9. The number of anilines is 3. The van der Waals surface area contributed by atoms with Crippen molar-refractivity contribution in [2.24, 2.45) is 0 Å². The molecule has 9 aromatic carbocycles. The maximum Gasteiger partial charge on any atom is 0.143 e. The number of allylic oxidation sites excluding steroid dienone is 1. The van der Waals surface area contributed by atoms with Crippen LogP contribution in [0.4, 0.5) is 17.1 Å². The van der Waals surface area contributed by atoms with Crippen molar-refractivity contribution in [3.05, 3.63) is 217 Å². The molecule has 0 aliphatic heterocycles. The van der Waals surface area contributed by atoms with Gasteiger partial charge < -0.3 is 9.32 Å². The largest absolute Gasteiger partial charge is 0.455 e. The van der Waals surface area contributed by atoms with E-state index in [1.54, 1.807) is 0 Å². The molecular formula is C54H37NO. The van der Waals surface area contributed by atoms with Crippen LogP contribution in [0.15, 0.2) is 205 Å². The van der Waals surface area contributed by atoms with Crippen LogP contribution in [0.5, 0.6) is 0 Å². The first-order valence-corrected chi connectivity index (χ1v) is 19.4. The minimum Gasteiger partial charge on any atom is -0.455 e. The van der Waals surface area contributed by atoms with Crippen molar-refractivity contribution in [2.75, 3.05) is 4.90 Å². The van der Waals surface area contributed by atoms with E-state index in [-0.39, 0.29) is 0 Å². The number of rotatable bonds is 6. The molecule has 0 radical (unpaired) electrons. The molecule has 0 amide bonds. The summed E-state index contributed by atoms with van der Waals surface area (Å²) in [7, 11) is 0. The van der Waals surface area contributed by atoms with Gasteiger partial charge in [-0.1, -0.05) is 158 Å². The quantitative estimate of drug-likeness (QED) is 0.170. The van der Waals surface area contributed by atoms with E-state index >= 15 is 0 Å². The summed E-state index contributed by atoms with van der Waals surface area (Å²) in [5.41, 5.74) is 14.0. The lowest BCUT2D eigenvalue weighted by molar-refractivity contribution is 0.672. The van der Waals surface area contributed by atoms with Crippen LogP contribution >= 0.6 is 0 Å². The van der Waals surface area contributed by atoms with Crippen molar-refractivity contribution in [1.82, 2.24) is 0 Å². The minimum atomic E-state index is 0.338. The van der Waals surface area contributed by atoms with Crippen molar-refractivity contribution >= 4 is 66.6 Å². The summed E-state index contributed by atoms with van der Waals surface area (Å²) in [4.78, 5) is 2.38. The number of furan rings is 1. The third kappa shape index (κ3) is 5.58. The molecule has 2 nitrogen and oxygen atoms in total. The van der Waals surface area contributed by atoms with Gasteiger partial charge in [0.15, 0.2) is 0 Å². The number of para-hydroxylation sites is 2. The van der Waals surface area contributed by atoms with Crippen LogP contribution in [0, 0.1) is 0 Å². The summed E-state index contributed by atoms with van der Waals surface area (Å²) in [5, 5.41) is 7.19. The Kier molecular flexibility index (Phi) is 7.67. The molecule has 1 atom stereocenters. The van der Waals surface area contributed by atoms with Crippen LogP contribution < -0.4 is 4.90 Å². The highest BCUT2D eigenvalue weighted by molar-refractivity contribution is 6.15. The zero-order valence-electron chi connectivity index (χ0n) is 30.8. The van der Waals surface area contributed by atoms with Crippen LogP contribution in [0.25, 0.3) is 71.8 Å². The maximum atomic E-state index is 6.41. The van der Waals surface area contributed by atoms with Gasteiger partial charge >= 0.3 is 0 Å². The molecule has 11 rings (SSSR count). The first-order valence-electron chi connectivity index (χ1n) is 19.4. The lowest BCUT2D eigenvalue weighted by atomic mass is 9.83. The first-order chi connectivity index (χ1) is 27.7. The Hall–Kier alpha value is -7.16. The number of fused-ring (bicyclic) bond motifs is 7. The molecule has 1 aliphatic carbocycles. The van der Waals surface area contributed by atoms with Gasteiger partial charge in [0.1, 0.15) is 11.2 Å². The van der Waals surface area contributed by atoms with E-state index in [1.807, 2.05) is 0 Å². The van der Waals surface area contributed by atoms with Crippen molar-refractivity contribution in [3.63, 3.8) is 0 Å². The molecule has 1 aromatic heterocycles. The zero-order valence-corrected chi connectivity index (χ0v) is 30.8. The highest BCUT2D eigenvalue weighted by Gasteiger charge is 2.21.